The van der Waals surface area contributed by atoms with Crippen LogP contribution in [0.4, 0.5) is 5.69 Å². The summed E-state index contributed by atoms with van der Waals surface area (Å²) < 4.78 is 0. The quantitative estimate of drug-likeness (QED) is 0.680. The third kappa shape index (κ3) is 5.30. The molecule has 4 rings (SSSR count). The van der Waals surface area contributed by atoms with E-state index in [1.165, 1.54) is 36.7 Å². The molecule has 2 aliphatic heterocycles. The summed E-state index contributed by atoms with van der Waals surface area (Å²) >= 11 is 1.48. The highest BCUT2D eigenvalue weighted by Crippen LogP contribution is 2.25. The molecule has 2 aliphatic rings. The van der Waals surface area contributed by atoms with Gasteiger partial charge in [-0.05, 0) is 62.3 Å². The Morgan fingerprint density at radius 1 is 0.966 bits per heavy atom. The van der Waals surface area contributed by atoms with Crippen molar-refractivity contribution in [3.05, 3.63) is 36.4 Å². The van der Waals surface area contributed by atoms with E-state index in [1.807, 2.05) is 17.0 Å². The molecule has 29 heavy (non-hydrogen) atoms. The van der Waals surface area contributed by atoms with E-state index in [1.54, 1.807) is 0 Å². The predicted octanol–water partition coefficient (Wildman–Crippen LogP) is 4.48. The van der Waals surface area contributed by atoms with Gasteiger partial charge in [0, 0.05) is 37.4 Å². The average Bonchev–Trinajstić information content (AvgIpc) is 2.79. The molecule has 1 aromatic carbocycles. The normalized spacial score (nSPS) is 18.1. The zero-order chi connectivity index (χ0) is 20.1. The highest BCUT2D eigenvalue weighted by Gasteiger charge is 2.20. The van der Waals surface area contributed by atoms with Crippen LogP contribution in [0.5, 0.6) is 0 Å². The first kappa shape index (κ1) is 20.2. The van der Waals surface area contributed by atoms with Gasteiger partial charge >= 0.3 is 0 Å². The van der Waals surface area contributed by atoms with Crippen molar-refractivity contribution in [1.82, 2.24) is 15.1 Å². The van der Waals surface area contributed by atoms with E-state index in [4.69, 9.17) is 0 Å². The number of hydrogen-bond acceptors (Lipinski definition) is 5. The average molecular weight is 411 g/mol. The van der Waals surface area contributed by atoms with E-state index in [9.17, 15) is 4.79 Å². The maximum atomic E-state index is 12.4. The van der Waals surface area contributed by atoms with Crippen molar-refractivity contribution in [1.29, 1.82) is 0 Å². The zero-order valence-corrected chi connectivity index (χ0v) is 18.0. The summed E-state index contributed by atoms with van der Waals surface area (Å²) in [5.41, 5.74) is 3.24. The molecule has 0 unspecified atom stereocenters. The van der Waals surface area contributed by atoms with Crippen molar-refractivity contribution < 1.29 is 4.79 Å². The largest absolute Gasteiger partial charge is 0.372 e. The minimum atomic E-state index is 0.209. The molecule has 0 bridgehead atoms. The van der Waals surface area contributed by atoms with Crippen LogP contribution in [0.1, 0.15) is 39.0 Å². The summed E-state index contributed by atoms with van der Waals surface area (Å²) in [6.45, 7) is 6.34. The lowest BCUT2D eigenvalue weighted by Gasteiger charge is -2.30. The van der Waals surface area contributed by atoms with Crippen LogP contribution >= 0.6 is 11.8 Å². The number of carbonyl (C=O) groups is 1. The summed E-state index contributed by atoms with van der Waals surface area (Å²) in [7, 11) is 0. The summed E-state index contributed by atoms with van der Waals surface area (Å²) in [5.74, 6) is 1.38. The highest BCUT2D eigenvalue weighted by molar-refractivity contribution is 7.99. The lowest BCUT2D eigenvalue weighted by molar-refractivity contribution is -0.129. The third-order valence-electron chi connectivity index (χ3n) is 6.00. The predicted molar refractivity (Wildman–Crippen MR) is 119 cm³/mol. The fourth-order valence-electron chi connectivity index (χ4n) is 4.03. The van der Waals surface area contributed by atoms with Crippen LogP contribution in [0, 0.1) is 5.92 Å². The number of anilines is 1. The number of hydrogen-bond donors (Lipinski definition) is 0. The van der Waals surface area contributed by atoms with Crippen LogP contribution in [-0.2, 0) is 4.79 Å². The molecule has 3 heterocycles. The molecule has 2 aromatic rings. The fraction of sp³-hybridized carbons (Fsp3) is 0.522. The van der Waals surface area contributed by atoms with Crippen molar-refractivity contribution >= 4 is 23.4 Å². The summed E-state index contributed by atoms with van der Waals surface area (Å²) in [4.78, 5) is 16.8. The van der Waals surface area contributed by atoms with E-state index in [0.717, 1.165) is 61.2 Å². The Morgan fingerprint density at radius 2 is 1.69 bits per heavy atom. The number of benzene rings is 1. The van der Waals surface area contributed by atoms with Gasteiger partial charge in [-0.2, -0.15) is 0 Å². The van der Waals surface area contributed by atoms with Crippen LogP contribution in [0.3, 0.4) is 0 Å². The fourth-order valence-corrected chi connectivity index (χ4v) is 4.75. The Morgan fingerprint density at radius 3 is 2.34 bits per heavy atom. The first-order valence-corrected chi connectivity index (χ1v) is 11.8. The molecule has 154 valence electrons. The van der Waals surface area contributed by atoms with Crippen LogP contribution < -0.4 is 4.90 Å². The van der Waals surface area contributed by atoms with Gasteiger partial charge in [-0.25, -0.2) is 0 Å². The Balaban J connectivity index is 1.31. The molecule has 1 amide bonds. The lowest BCUT2D eigenvalue weighted by Crippen LogP contribution is -2.38. The van der Waals surface area contributed by atoms with Gasteiger partial charge in [-0.3, -0.25) is 4.79 Å². The highest BCUT2D eigenvalue weighted by atomic mass is 32.2. The molecule has 0 spiro atoms. The van der Waals surface area contributed by atoms with Gasteiger partial charge < -0.3 is 9.80 Å². The van der Waals surface area contributed by atoms with Crippen molar-refractivity contribution in [2.24, 2.45) is 5.92 Å². The summed E-state index contributed by atoms with van der Waals surface area (Å²) in [6, 6.07) is 12.6. The molecular weight excluding hydrogens is 380 g/mol. The molecule has 0 radical (unpaired) electrons. The number of rotatable bonds is 5. The van der Waals surface area contributed by atoms with Crippen molar-refractivity contribution in [2.75, 3.05) is 36.8 Å². The summed E-state index contributed by atoms with van der Waals surface area (Å²) in [5, 5.41) is 9.51. The Bertz CT molecular complexity index is 795. The van der Waals surface area contributed by atoms with E-state index in [-0.39, 0.29) is 5.91 Å². The lowest BCUT2D eigenvalue weighted by atomic mass is 9.99. The van der Waals surface area contributed by atoms with Gasteiger partial charge in [-0.15, -0.1) is 10.2 Å². The first-order chi connectivity index (χ1) is 14.2. The smallest absolute Gasteiger partial charge is 0.232 e. The second-order valence-electron chi connectivity index (χ2n) is 8.20. The second kappa shape index (κ2) is 9.61. The maximum Gasteiger partial charge on any atom is 0.232 e. The Hall–Kier alpha value is -2.08. The Kier molecular flexibility index (Phi) is 6.70. The van der Waals surface area contributed by atoms with Gasteiger partial charge in [0.2, 0.25) is 5.91 Å². The van der Waals surface area contributed by atoms with Gasteiger partial charge in [0.15, 0.2) is 0 Å². The number of piperidine rings is 2. The number of likely N-dealkylation sites (tertiary alicyclic amines) is 1. The minimum Gasteiger partial charge on any atom is -0.372 e. The topological polar surface area (TPSA) is 49.3 Å². The number of thioether (sulfide) groups is 1. The molecule has 0 atom stereocenters. The van der Waals surface area contributed by atoms with Crippen molar-refractivity contribution in [3.8, 4) is 11.3 Å². The van der Waals surface area contributed by atoms with Crippen molar-refractivity contribution in [3.63, 3.8) is 0 Å². The molecule has 0 aliphatic carbocycles. The maximum absolute atomic E-state index is 12.4. The number of amides is 1. The van der Waals surface area contributed by atoms with Gasteiger partial charge in [0.25, 0.3) is 0 Å². The first-order valence-electron chi connectivity index (χ1n) is 10.8. The molecule has 6 heteroatoms. The van der Waals surface area contributed by atoms with Crippen LogP contribution in [-0.4, -0.2) is 52.9 Å². The molecule has 5 nitrogen and oxygen atoms in total. The Labute approximate surface area is 177 Å². The van der Waals surface area contributed by atoms with E-state index in [2.05, 4.69) is 46.3 Å². The SMILES string of the molecule is CC1CCN(C(=O)CSc2ccc(-c3ccc(N4CCCCC4)cc3)nn2)CC1. The monoisotopic (exact) mass is 410 g/mol. The standard InChI is InChI=1S/C23H30N4OS/c1-18-11-15-27(16-12-18)23(28)17-29-22-10-9-21(24-25-22)19-5-7-20(8-6-19)26-13-3-2-4-14-26/h5-10,18H,2-4,11-17H2,1H3. The minimum absolute atomic E-state index is 0.209. The molecule has 1 aromatic heterocycles. The van der Waals surface area contributed by atoms with Crippen LogP contribution in [0.2, 0.25) is 0 Å². The molecule has 2 fully saturated rings. The third-order valence-corrected chi connectivity index (χ3v) is 6.91. The van der Waals surface area contributed by atoms with E-state index < -0.39 is 0 Å². The number of carbonyl (C=O) groups excluding carboxylic acids is 1. The van der Waals surface area contributed by atoms with Crippen molar-refractivity contribution in [2.45, 2.75) is 44.1 Å². The van der Waals surface area contributed by atoms with Crippen LogP contribution in [0.15, 0.2) is 41.4 Å². The van der Waals surface area contributed by atoms with Crippen LogP contribution in [0.25, 0.3) is 11.3 Å². The zero-order valence-electron chi connectivity index (χ0n) is 17.2. The van der Waals surface area contributed by atoms with E-state index >= 15 is 0 Å². The van der Waals surface area contributed by atoms with E-state index in [0.29, 0.717) is 5.75 Å². The van der Waals surface area contributed by atoms with Gasteiger partial charge in [-0.1, -0.05) is 30.8 Å². The number of aromatic nitrogens is 2. The molecule has 0 saturated carbocycles. The molecule has 0 N–H and O–H groups in total. The molecular formula is C23H30N4OS. The van der Waals surface area contributed by atoms with Gasteiger partial charge in [0.1, 0.15) is 5.03 Å². The summed E-state index contributed by atoms with van der Waals surface area (Å²) in [6.07, 6.45) is 6.14. The van der Waals surface area contributed by atoms with Gasteiger partial charge in [0.05, 0.1) is 11.4 Å². The second-order valence-corrected chi connectivity index (χ2v) is 9.20. The number of nitrogens with zero attached hydrogens (tertiary/aromatic N) is 4. The molecule has 2 saturated heterocycles.